The highest BCUT2D eigenvalue weighted by Crippen LogP contribution is 2.47. The van der Waals surface area contributed by atoms with Gasteiger partial charge >= 0.3 is 11.9 Å². The number of benzene rings is 3. The predicted molar refractivity (Wildman–Crippen MR) is 241 cm³/mol. The van der Waals surface area contributed by atoms with Crippen molar-refractivity contribution in [3.63, 3.8) is 0 Å². The van der Waals surface area contributed by atoms with E-state index in [1.165, 1.54) is 47.8 Å². The summed E-state index contributed by atoms with van der Waals surface area (Å²) >= 11 is 2.82. The van der Waals surface area contributed by atoms with Gasteiger partial charge in [-0.15, -0.1) is 22.7 Å². The van der Waals surface area contributed by atoms with E-state index >= 15 is 0 Å². The zero-order chi connectivity index (χ0) is 45.4. The number of ether oxygens (including phenoxy) is 2. The number of fused-ring (bicyclic) bond motifs is 2. The lowest BCUT2D eigenvalue weighted by Crippen LogP contribution is -2.36. The summed E-state index contributed by atoms with van der Waals surface area (Å²) in [6.07, 6.45) is 3.87. The number of rotatable bonds is 11. The first-order valence-electron chi connectivity index (χ1n) is 20.7. The molecule has 2 aromatic heterocycles. The molecule has 0 spiro atoms. The lowest BCUT2D eigenvalue weighted by atomic mass is 9.78. The quantitative estimate of drug-likeness (QED) is 0.0925. The normalized spacial score (nSPS) is 18.4. The number of allylic oxidation sites excluding steroid dienone is 4. The number of carbonyl (C=O) groups excluding carboxylic acids is 4. The molecule has 0 radical (unpaired) electrons. The number of hydrogen-bond donors (Lipinski definition) is 4. The van der Waals surface area contributed by atoms with Gasteiger partial charge in [0.1, 0.15) is 36.2 Å². The van der Waals surface area contributed by atoms with Gasteiger partial charge in [0, 0.05) is 28.5 Å². The summed E-state index contributed by atoms with van der Waals surface area (Å²) in [4.78, 5) is 52.4. The van der Waals surface area contributed by atoms with E-state index in [-0.39, 0.29) is 46.9 Å². The topological polar surface area (TPSA) is 210 Å². The summed E-state index contributed by atoms with van der Waals surface area (Å²) in [5.41, 5.74) is 18.2. The van der Waals surface area contributed by atoms with Crippen LogP contribution in [0.25, 0.3) is 20.2 Å². The minimum atomic E-state index is -0.772. The maximum absolute atomic E-state index is 13.5. The maximum Gasteiger partial charge on any atom is 0.339 e. The van der Waals surface area contributed by atoms with Crippen molar-refractivity contribution >= 4 is 66.4 Å². The van der Waals surface area contributed by atoms with Gasteiger partial charge < -0.3 is 31.6 Å². The number of carbonyl (C=O) groups is 4. The van der Waals surface area contributed by atoms with Crippen LogP contribution in [0.3, 0.4) is 0 Å². The number of nitrogens with zero attached hydrogens (tertiary/aromatic N) is 2. The van der Waals surface area contributed by atoms with E-state index in [1.54, 1.807) is 31.2 Å². The summed E-state index contributed by atoms with van der Waals surface area (Å²) < 4.78 is 26.2. The third-order valence-corrected chi connectivity index (χ3v) is 13.8. The number of hydrogen-bond acceptors (Lipinski definition) is 14. The van der Waals surface area contributed by atoms with Crippen LogP contribution in [-0.4, -0.2) is 30.1 Å². The number of ketones is 2. The van der Waals surface area contributed by atoms with Crippen molar-refractivity contribution in [3.05, 3.63) is 150 Å². The van der Waals surface area contributed by atoms with Gasteiger partial charge in [-0.05, 0) is 115 Å². The third kappa shape index (κ3) is 8.52. The number of thiophene rings is 2. The molecule has 0 bridgehead atoms. The SMILES string of the molecule is CC(=O)C1=C(C)NC(N)=C(C(=O)OCc2cccc(F)c2)C1c1csc2c(C#N)cccc12.CC1=C(C(=O)C2CC2)C(c2csc3c(C#N)cccc23)C(C(=O)OCC2CC2)=C(N)N1. The van der Waals surface area contributed by atoms with E-state index in [4.69, 9.17) is 20.9 Å². The van der Waals surface area contributed by atoms with Crippen molar-refractivity contribution in [3.8, 4) is 12.1 Å². The second kappa shape index (κ2) is 18.0. The molecule has 2 aliphatic carbocycles. The molecule has 9 rings (SSSR count). The highest BCUT2D eigenvalue weighted by molar-refractivity contribution is 7.18. The van der Waals surface area contributed by atoms with Crippen molar-refractivity contribution in [2.45, 2.75) is 64.9 Å². The van der Waals surface area contributed by atoms with Crippen LogP contribution in [0.4, 0.5) is 4.39 Å². The molecule has 0 saturated heterocycles. The van der Waals surface area contributed by atoms with E-state index in [0.29, 0.717) is 57.3 Å². The molecule has 2 atom stereocenters. The highest BCUT2D eigenvalue weighted by atomic mass is 32.1. The van der Waals surface area contributed by atoms with E-state index in [2.05, 4.69) is 22.8 Å². The summed E-state index contributed by atoms with van der Waals surface area (Å²) in [6, 6.07) is 21.0. The Kier molecular flexibility index (Phi) is 12.2. The average Bonchev–Trinajstić information content (AvgIpc) is 4.21. The molecule has 64 heavy (non-hydrogen) atoms. The van der Waals surface area contributed by atoms with Crippen molar-refractivity contribution in [1.82, 2.24) is 10.6 Å². The Hall–Kier alpha value is -7.07. The molecule has 12 nitrogen and oxygen atoms in total. The molecule has 2 fully saturated rings. The number of Topliss-reactive ketones (excluding diaryl/α,β-unsaturated/α-hetero) is 2. The van der Waals surface area contributed by atoms with Crippen LogP contribution in [0.2, 0.25) is 0 Å². The fourth-order valence-electron chi connectivity index (χ4n) is 8.33. The number of halogens is 1. The lowest BCUT2D eigenvalue weighted by molar-refractivity contribution is -0.141. The minimum Gasteiger partial charge on any atom is -0.462 e. The highest BCUT2D eigenvalue weighted by Gasteiger charge is 2.44. The summed E-state index contributed by atoms with van der Waals surface area (Å²) in [5.74, 6) is -2.43. The lowest BCUT2D eigenvalue weighted by Gasteiger charge is -2.30. The van der Waals surface area contributed by atoms with Gasteiger partial charge in [0.15, 0.2) is 11.6 Å². The summed E-state index contributed by atoms with van der Waals surface area (Å²) in [5, 5.41) is 30.4. The molecule has 5 aromatic rings. The smallest absolute Gasteiger partial charge is 0.339 e. The number of dihydropyridines is 2. The molecule has 3 aromatic carbocycles. The average molecular weight is 895 g/mol. The van der Waals surface area contributed by atoms with Gasteiger partial charge in [0.05, 0.1) is 50.1 Å². The Labute approximate surface area is 376 Å². The van der Waals surface area contributed by atoms with E-state index < -0.39 is 29.6 Å². The Morgan fingerprint density at radius 1 is 0.734 bits per heavy atom. The van der Waals surface area contributed by atoms with Crippen LogP contribution in [0.15, 0.2) is 117 Å². The second-order valence-electron chi connectivity index (χ2n) is 16.3. The third-order valence-electron chi connectivity index (χ3n) is 11.7. The predicted octanol–water partition coefficient (Wildman–Crippen LogP) is 8.21. The van der Waals surface area contributed by atoms with Crippen LogP contribution in [-0.2, 0) is 35.3 Å². The van der Waals surface area contributed by atoms with E-state index in [0.717, 1.165) is 51.4 Å². The zero-order valence-electron chi connectivity index (χ0n) is 35.2. The largest absolute Gasteiger partial charge is 0.462 e. The van der Waals surface area contributed by atoms with Crippen LogP contribution in [0.5, 0.6) is 0 Å². The van der Waals surface area contributed by atoms with Crippen molar-refractivity contribution < 1.29 is 33.0 Å². The monoisotopic (exact) mass is 894 g/mol. The van der Waals surface area contributed by atoms with Crippen molar-refractivity contribution in [2.75, 3.05) is 6.61 Å². The number of nitriles is 2. The Balaban J connectivity index is 0.000000175. The van der Waals surface area contributed by atoms with Crippen LogP contribution in [0.1, 0.15) is 86.1 Å². The first-order chi connectivity index (χ1) is 30.8. The fraction of sp³-hybridized carbons (Fsp3) is 0.265. The van der Waals surface area contributed by atoms with Crippen LogP contribution in [0, 0.1) is 40.3 Å². The summed E-state index contributed by atoms with van der Waals surface area (Å²) in [6.45, 7) is 5.21. The van der Waals surface area contributed by atoms with Gasteiger partial charge in [-0.2, -0.15) is 10.5 Å². The zero-order valence-corrected chi connectivity index (χ0v) is 36.8. The Bertz CT molecular complexity index is 3010. The molecule has 4 heterocycles. The first-order valence-corrected chi connectivity index (χ1v) is 22.5. The molecule has 0 amide bonds. The molecule has 2 saturated carbocycles. The van der Waals surface area contributed by atoms with Crippen LogP contribution < -0.4 is 22.1 Å². The Morgan fingerprint density at radius 3 is 1.75 bits per heavy atom. The van der Waals surface area contributed by atoms with Gasteiger partial charge in [-0.25, -0.2) is 14.0 Å². The van der Waals surface area contributed by atoms with Crippen molar-refractivity contribution in [2.24, 2.45) is 23.3 Å². The number of esters is 2. The van der Waals surface area contributed by atoms with Gasteiger partial charge in [0.2, 0.25) is 0 Å². The van der Waals surface area contributed by atoms with Gasteiger partial charge in [0.25, 0.3) is 0 Å². The molecule has 6 N–H and O–H groups in total. The second-order valence-corrected chi connectivity index (χ2v) is 18.0. The fourth-order valence-corrected chi connectivity index (χ4v) is 10.5. The molecule has 2 unspecified atom stereocenters. The summed E-state index contributed by atoms with van der Waals surface area (Å²) in [7, 11) is 0. The molecular formula is C49H43FN6O6S2. The molecule has 15 heteroatoms. The molecular weight excluding hydrogens is 852 g/mol. The molecule has 324 valence electrons. The van der Waals surface area contributed by atoms with E-state index in [1.807, 2.05) is 35.9 Å². The van der Waals surface area contributed by atoms with Gasteiger partial charge in [-0.3, -0.25) is 9.59 Å². The van der Waals surface area contributed by atoms with Gasteiger partial charge in [-0.1, -0.05) is 36.4 Å². The Morgan fingerprint density at radius 2 is 1.25 bits per heavy atom. The molecule has 4 aliphatic rings. The van der Waals surface area contributed by atoms with E-state index in [9.17, 15) is 34.1 Å². The number of nitrogens with two attached hydrogens (primary N) is 2. The van der Waals surface area contributed by atoms with Crippen molar-refractivity contribution in [1.29, 1.82) is 10.5 Å². The molecule has 2 aliphatic heterocycles. The number of nitrogens with one attached hydrogen (secondary N) is 2. The standard InChI is InChI=1S/C25H20FN3O3S.C24H23N3O3S/c1-13-20(14(2)30)21(19-12-33-23-16(10-27)6-4-8-18(19)23)22(24(28)29-13)25(31)32-11-15-5-3-7-17(26)9-15;1-12-18(21(28)14-7-8-14)19(17-11-31-22-15(9-25)3-2-4-16(17)22)20(23(26)27-12)24(29)30-10-13-5-6-13/h3-9,12,21,29H,11,28H2,1-2H3;2-4,11,13-14,19,27H,5-8,10,26H2,1H3. The van der Waals surface area contributed by atoms with Crippen LogP contribution >= 0.6 is 22.7 Å². The minimum absolute atomic E-state index is 0.00289. The maximum atomic E-state index is 13.5. The first kappa shape index (κ1) is 43.6.